The molecule has 0 unspecified atom stereocenters. The summed E-state index contributed by atoms with van der Waals surface area (Å²) in [5.74, 6) is 1.58. The molecular weight excluding hydrogens is 286 g/mol. The lowest BCUT2D eigenvalue weighted by atomic mass is 10.2. The number of benzene rings is 1. The molecule has 0 bridgehead atoms. The highest BCUT2D eigenvalue weighted by atomic mass is 32.2. The Balaban J connectivity index is 1.71. The molecule has 0 spiro atoms. The van der Waals surface area contributed by atoms with E-state index in [9.17, 15) is 5.11 Å². The Labute approximate surface area is 126 Å². The van der Waals surface area contributed by atoms with Gasteiger partial charge in [-0.05, 0) is 30.7 Å². The molecule has 3 rings (SSSR count). The van der Waals surface area contributed by atoms with Crippen molar-refractivity contribution in [3.8, 4) is 17.2 Å². The molecule has 0 radical (unpaired) electrons. The normalized spacial score (nSPS) is 10.7. The Morgan fingerprint density at radius 1 is 1.19 bits per heavy atom. The van der Waals surface area contributed by atoms with E-state index in [1.807, 2.05) is 31.3 Å². The minimum Gasteiger partial charge on any atom is -0.507 e. The first-order valence-corrected chi connectivity index (χ1v) is 7.37. The zero-order valence-corrected chi connectivity index (χ0v) is 12.2. The summed E-state index contributed by atoms with van der Waals surface area (Å²) in [6.45, 7) is 2.00. The number of hydrogen-bond donors (Lipinski definition) is 1. The zero-order chi connectivity index (χ0) is 14.7. The summed E-state index contributed by atoms with van der Waals surface area (Å²) in [6.07, 6.45) is 1.83. The van der Waals surface area contributed by atoms with Gasteiger partial charge in [-0.15, -0.1) is 0 Å². The summed E-state index contributed by atoms with van der Waals surface area (Å²) < 4.78 is 5.18. The molecule has 0 aliphatic carbocycles. The number of para-hydroxylation sites is 1. The predicted octanol–water partition coefficient (Wildman–Crippen LogP) is 3.44. The lowest BCUT2D eigenvalue weighted by Crippen LogP contribution is -1.86. The summed E-state index contributed by atoms with van der Waals surface area (Å²) in [4.78, 5) is 8.60. The van der Waals surface area contributed by atoms with Crippen molar-refractivity contribution in [1.82, 2.24) is 15.1 Å². The molecular formula is C15H13N3O2S. The smallest absolute Gasteiger partial charge is 0.261 e. The standard InChI is InChI=1S/C15H13N3O2S/c1-10-6-7-14(16-8-10)21-9-13-17-15(20-18-13)11-4-2-3-5-12(11)19/h2-8,19H,9H2,1H3. The van der Waals surface area contributed by atoms with E-state index in [4.69, 9.17) is 4.52 Å². The van der Waals surface area contributed by atoms with E-state index in [0.717, 1.165) is 10.6 Å². The van der Waals surface area contributed by atoms with Crippen LogP contribution in [-0.2, 0) is 5.75 Å². The van der Waals surface area contributed by atoms with Gasteiger partial charge in [-0.2, -0.15) is 4.98 Å². The molecule has 3 aromatic rings. The van der Waals surface area contributed by atoms with E-state index in [-0.39, 0.29) is 5.75 Å². The average molecular weight is 299 g/mol. The van der Waals surface area contributed by atoms with Crippen molar-refractivity contribution in [3.63, 3.8) is 0 Å². The Morgan fingerprint density at radius 3 is 2.81 bits per heavy atom. The SMILES string of the molecule is Cc1ccc(SCc2noc(-c3ccccc3O)n2)nc1. The van der Waals surface area contributed by atoms with E-state index in [2.05, 4.69) is 15.1 Å². The third kappa shape index (κ3) is 3.22. The maximum Gasteiger partial charge on any atom is 0.261 e. The van der Waals surface area contributed by atoms with Crippen molar-refractivity contribution in [1.29, 1.82) is 0 Å². The van der Waals surface area contributed by atoms with Crippen LogP contribution in [0.1, 0.15) is 11.4 Å². The topological polar surface area (TPSA) is 72.0 Å². The molecule has 0 aliphatic rings. The number of hydrogen-bond acceptors (Lipinski definition) is 6. The van der Waals surface area contributed by atoms with Crippen LogP contribution in [0.3, 0.4) is 0 Å². The number of pyridine rings is 1. The highest BCUT2D eigenvalue weighted by Crippen LogP contribution is 2.28. The van der Waals surface area contributed by atoms with E-state index in [0.29, 0.717) is 23.0 Å². The van der Waals surface area contributed by atoms with Crippen LogP contribution >= 0.6 is 11.8 Å². The first kappa shape index (κ1) is 13.6. The van der Waals surface area contributed by atoms with Gasteiger partial charge in [0.1, 0.15) is 5.75 Å². The molecule has 0 saturated heterocycles. The Bertz CT molecular complexity index is 741. The van der Waals surface area contributed by atoms with Gasteiger partial charge in [-0.1, -0.05) is 35.1 Å². The molecule has 1 N–H and O–H groups in total. The molecule has 106 valence electrons. The van der Waals surface area contributed by atoms with Crippen molar-refractivity contribution in [3.05, 3.63) is 54.0 Å². The van der Waals surface area contributed by atoms with Crippen LogP contribution in [0.4, 0.5) is 0 Å². The maximum atomic E-state index is 9.76. The van der Waals surface area contributed by atoms with E-state index < -0.39 is 0 Å². The second-order valence-electron chi connectivity index (χ2n) is 4.50. The third-order valence-electron chi connectivity index (χ3n) is 2.84. The lowest BCUT2D eigenvalue weighted by Gasteiger charge is -1.98. The number of phenolic OH excluding ortho intramolecular Hbond substituents is 1. The monoisotopic (exact) mass is 299 g/mol. The Morgan fingerprint density at radius 2 is 2.05 bits per heavy atom. The van der Waals surface area contributed by atoms with Gasteiger partial charge >= 0.3 is 0 Å². The molecule has 5 nitrogen and oxygen atoms in total. The van der Waals surface area contributed by atoms with Crippen molar-refractivity contribution < 1.29 is 9.63 Å². The number of rotatable bonds is 4. The van der Waals surface area contributed by atoms with Crippen LogP contribution in [0, 0.1) is 6.92 Å². The second-order valence-corrected chi connectivity index (χ2v) is 5.49. The number of thioether (sulfide) groups is 1. The van der Waals surface area contributed by atoms with Crippen LogP contribution in [0.15, 0.2) is 52.1 Å². The van der Waals surface area contributed by atoms with Gasteiger partial charge in [-0.25, -0.2) is 4.98 Å². The summed E-state index contributed by atoms with van der Waals surface area (Å²) >= 11 is 1.54. The first-order valence-electron chi connectivity index (χ1n) is 6.39. The Hall–Kier alpha value is -2.34. The van der Waals surface area contributed by atoms with Crippen LogP contribution < -0.4 is 0 Å². The van der Waals surface area contributed by atoms with Gasteiger partial charge in [0, 0.05) is 6.20 Å². The van der Waals surface area contributed by atoms with Crippen molar-refractivity contribution in [2.75, 3.05) is 0 Å². The van der Waals surface area contributed by atoms with E-state index in [1.165, 1.54) is 11.8 Å². The zero-order valence-electron chi connectivity index (χ0n) is 11.4. The van der Waals surface area contributed by atoms with Crippen LogP contribution in [0.25, 0.3) is 11.5 Å². The van der Waals surface area contributed by atoms with Crippen molar-refractivity contribution in [2.24, 2.45) is 0 Å². The summed E-state index contributed by atoms with van der Waals surface area (Å²) in [7, 11) is 0. The van der Waals surface area contributed by atoms with Crippen molar-refractivity contribution in [2.45, 2.75) is 17.7 Å². The third-order valence-corrected chi connectivity index (χ3v) is 3.78. The molecule has 0 amide bonds. The van der Waals surface area contributed by atoms with Gasteiger partial charge < -0.3 is 9.63 Å². The predicted molar refractivity (Wildman–Crippen MR) is 79.9 cm³/mol. The van der Waals surface area contributed by atoms with Crippen LogP contribution in [0.2, 0.25) is 0 Å². The minimum absolute atomic E-state index is 0.126. The van der Waals surface area contributed by atoms with Gasteiger partial charge in [-0.3, -0.25) is 0 Å². The number of aryl methyl sites for hydroxylation is 1. The first-order chi connectivity index (χ1) is 10.2. The van der Waals surface area contributed by atoms with Gasteiger partial charge in [0.25, 0.3) is 5.89 Å². The second kappa shape index (κ2) is 5.97. The fourth-order valence-electron chi connectivity index (χ4n) is 1.75. The molecule has 0 fully saturated rings. The number of phenols is 1. The number of aromatic hydroxyl groups is 1. The fraction of sp³-hybridized carbons (Fsp3) is 0.133. The summed E-state index contributed by atoms with van der Waals surface area (Å²) in [6, 6.07) is 10.9. The molecule has 6 heteroatoms. The molecule has 2 aromatic heterocycles. The van der Waals surface area contributed by atoms with Gasteiger partial charge in [0.05, 0.1) is 16.3 Å². The maximum absolute atomic E-state index is 9.76. The largest absolute Gasteiger partial charge is 0.507 e. The number of aromatic nitrogens is 3. The lowest BCUT2D eigenvalue weighted by molar-refractivity contribution is 0.419. The highest BCUT2D eigenvalue weighted by molar-refractivity contribution is 7.98. The van der Waals surface area contributed by atoms with Crippen LogP contribution in [0.5, 0.6) is 5.75 Å². The van der Waals surface area contributed by atoms with E-state index in [1.54, 1.807) is 18.2 Å². The fourth-order valence-corrected chi connectivity index (χ4v) is 2.44. The van der Waals surface area contributed by atoms with Gasteiger partial charge in [0.15, 0.2) is 5.82 Å². The van der Waals surface area contributed by atoms with Crippen molar-refractivity contribution >= 4 is 11.8 Å². The average Bonchev–Trinajstić information content (AvgIpc) is 2.96. The number of nitrogens with zero attached hydrogens (tertiary/aromatic N) is 3. The molecule has 0 aliphatic heterocycles. The molecule has 2 heterocycles. The molecule has 1 aromatic carbocycles. The Kier molecular flexibility index (Phi) is 3.87. The molecule has 0 atom stereocenters. The molecule has 0 saturated carbocycles. The van der Waals surface area contributed by atoms with Gasteiger partial charge in [0.2, 0.25) is 0 Å². The highest BCUT2D eigenvalue weighted by Gasteiger charge is 2.12. The van der Waals surface area contributed by atoms with E-state index >= 15 is 0 Å². The summed E-state index contributed by atoms with van der Waals surface area (Å²) in [5, 5.41) is 14.6. The molecule has 21 heavy (non-hydrogen) atoms. The van der Waals surface area contributed by atoms with Crippen LogP contribution in [-0.4, -0.2) is 20.2 Å². The summed E-state index contributed by atoms with van der Waals surface area (Å²) in [5.41, 5.74) is 1.66. The minimum atomic E-state index is 0.126. The quantitative estimate of drug-likeness (QED) is 0.744.